The number of halogens is 1. The predicted molar refractivity (Wildman–Crippen MR) is 48.2 cm³/mol. The summed E-state index contributed by atoms with van der Waals surface area (Å²) < 4.78 is 0. The van der Waals surface area contributed by atoms with Crippen LogP contribution in [-0.2, 0) is 4.79 Å². The Kier molecular flexibility index (Phi) is 1.70. The van der Waals surface area contributed by atoms with Gasteiger partial charge in [-0.15, -0.1) is 0 Å². The van der Waals surface area contributed by atoms with Crippen molar-refractivity contribution in [2.45, 2.75) is 6.42 Å². The third kappa shape index (κ3) is 1.14. The summed E-state index contributed by atoms with van der Waals surface area (Å²) in [6.07, 6.45) is 7.82. The maximum absolute atomic E-state index is 10.8. The van der Waals surface area contributed by atoms with E-state index in [0.29, 0.717) is 12.0 Å². The lowest BCUT2D eigenvalue weighted by atomic mass is 9.98. The van der Waals surface area contributed by atoms with Crippen LogP contribution < -0.4 is 0 Å². The molecule has 0 aromatic carbocycles. The summed E-state index contributed by atoms with van der Waals surface area (Å²) in [5.41, 5.74) is 2.63. The van der Waals surface area contributed by atoms with Crippen LogP contribution in [0.15, 0.2) is 40.6 Å². The van der Waals surface area contributed by atoms with E-state index in [9.17, 15) is 4.79 Å². The van der Waals surface area contributed by atoms with Crippen molar-refractivity contribution < 1.29 is 4.79 Å². The van der Waals surface area contributed by atoms with E-state index in [-0.39, 0.29) is 5.24 Å². The molecule has 1 heterocycles. The molecular weight excluding hydrogens is 174 g/mol. The molecule has 0 aromatic rings. The van der Waals surface area contributed by atoms with Crippen molar-refractivity contribution >= 4 is 22.6 Å². The second kappa shape index (κ2) is 2.72. The first kappa shape index (κ1) is 7.50. The zero-order valence-corrected chi connectivity index (χ0v) is 7.01. The zero-order chi connectivity index (χ0) is 8.55. The van der Waals surface area contributed by atoms with E-state index in [1.165, 1.54) is 0 Å². The summed E-state index contributed by atoms with van der Waals surface area (Å²) in [6, 6.07) is 0. The van der Waals surface area contributed by atoms with Crippen molar-refractivity contribution in [3.63, 3.8) is 0 Å². The molecule has 2 rings (SSSR count). The first-order valence-electron chi connectivity index (χ1n) is 3.61. The molecule has 1 aliphatic heterocycles. The molecule has 0 spiro atoms. The van der Waals surface area contributed by atoms with Crippen molar-refractivity contribution in [1.29, 1.82) is 0 Å². The van der Waals surface area contributed by atoms with Crippen LogP contribution in [0.25, 0.3) is 0 Å². The quantitative estimate of drug-likeness (QED) is 0.566. The maximum atomic E-state index is 10.8. The van der Waals surface area contributed by atoms with Gasteiger partial charge in [0.15, 0.2) is 0 Å². The van der Waals surface area contributed by atoms with Gasteiger partial charge in [-0.3, -0.25) is 9.79 Å². The van der Waals surface area contributed by atoms with Crippen LogP contribution in [0.5, 0.6) is 0 Å². The lowest BCUT2D eigenvalue weighted by molar-refractivity contribution is -0.108. The van der Waals surface area contributed by atoms with Crippen LogP contribution in [0, 0.1) is 0 Å². The molecule has 3 heteroatoms. The highest BCUT2D eigenvalue weighted by Crippen LogP contribution is 2.22. The van der Waals surface area contributed by atoms with Crippen molar-refractivity contribution in [2.75, 3.05) is 0 Å². The lowest BCUT2D eigenvalue weighted by Crippen LogP contribution is -2.07. The Morgan fingerprint density at radius 3 is 3.08 bits per heavy atom. The van der Waals surface area contributed by atoms with E-state index in [0.717, 1.165) is 11.3 Å². The average molecular weight is 180 g/mol. The number of carbonyl (C=O) groups excluding carboxylic acids is 1. The van der Waals surface area contributed by atoms with Gasteiger partial charge < -0.3 is 0 Å². The third-order valence-corrected chi connectivity index (χ3v) is 2.13. The number of nitrogens with zero attached hydrogens (tertiary/aromatic N) is 1. The van der Waals surface area contributed by atoms with E-state index >= 15 is 0 Å². The highest BCUT2D eigenvalue weighted by molar-refractivity contribution is 6.68. The molecule has 0 amide bonds. The van der Waals surface area contributed by atoms with Gasteiger partial charge in [-0.25, -0.2) is 0 Å². The summed E-state index contributed by atoms with van der Waals surface area (Å²) in [4.78, 5) is 14.9. The van der Waals surface area contributed by atoms with E-state index in [4.69, 9.17) is 11.6 Å². The van der Waals surface area contributed by atoms with Crippen molar-refractivity contribution in [3.05, 3.63) is 35.6 Å². The molecule has 0 saturated heterocycles. The number of hydrogen-bond donors (Lipinski definition) is 0. The maximum Gasteiger partial charge on any atom is 0.248 e. The van der Waals surface area contributed by atoms with Gasteiger partial charge in [0.25, 0.3) is 0 Å². The molecule has 0 N–H and O–H groups in total. The average Bonchev–Trinajstić information content (AvgIpc) is 2.49. The van der Waals surface area contributed by atoms with Gasteiger partial charge in [-0.1, -0.05) is 12.2 Å². The Morgan fingerprint density at radius 2 is 2.33 bits per heavy atom. The second-order valence-electron chi connectivity index (χ2n) is 2.66. The van der Waals surface area contributed by atoms with Crippen LogP contribution in [0.1, 0.15) is 6.42 Å². The number of allylic oxidation sites excluding steroid dienone is 5. The van der Waals surface area contributed by atoms with E-state index in [2.05, 4.69) is 4.99 Å². The van der Waals surface area contributed by atoms with Gasteiger partial charge in [0.2, 0.25) is 5.24 Å². The standard InChI is InChI=1S/C9H6ClNO/c10-9(12)7-2-1-6-3-4-11-8(6)5-7/h1-4H,5H2. The van der Waals surface area contributed by atoms with Crippen molar-refractivity contribution in [3.8, 4) is 0 Å². The van der Waals surface area contributed by atoms with Gasteiger partial charge in [0.1, 0.15) is 0 Å². The van der Waals surface area contributed by atoms with E-state index < -0.39 is 0 Å². The van der Waals surface area contributed by atoms with Crippen molar-refractivity contribution in [2.24, 2.45) is 4.99 Å². The predicted octanol–water partition coefficient (Wildman–Crippen LogP) is 1.98. The van der Waals surface area contributed by atoms with E-state index in [1.54, 1.807) is 12.3 Å². The molecule has 1 aliphatic carbocycles. The smallest absolute Gasteiger partial charge is 0.248 e. The molecule has 0 saturated carbocycles. The fraction of sp³-hybridized carbons (Fsp3) is 0.111. The van der Waals surface area contributed by atoms with Crippen LogP contribution in [0.4, 0.5) is 0 Å². The second-order valence-corrected chi connectivity index (χ2v) is 3.00. The number of fused-ring (bicyclic) bond motifs is 1. The van der Waals surface area contributed by atoms with Crippen LogP contribution in [0.2, 0.25) is 0 Å². The first-order valence-corrected chi connectivity index (χ1v) is 3.99. The summed E-state index contributed by atoms with van der Waals surface area (Å²) in [7, 11) is 0. The van der Waals surface area contributed by atoms with Gasteiger partial charge in [-0.2, -0.15) is 0 Å². The minimum atomic E-state index is -0.389. The van der Waals surface area contributed by atoms with Gasteiger partial charge in [0, 0.05) is 18.2 Å². The molecule has 0 fully saturated rings. The van der Waals surface area contributed by atoms with Crippen LogP contribution in [-0.4, -0.2) is 11.0 Å². The number of aliphatic imine (C=N–C) groups is 1. The van der Waals surface area contributed by atoms with Gasteiger partial charge in [0.05, 0.1) is 5.71 Å². The molecule has 0 atom stereocenters. The Labute approximate surface area is 74.9 Å². The molecule has 2 aliphatic rings. The minimum absolute atomic E-state index is 0.389. The highest BCUT2D eigenvalue weighted by atomic mass is 35.5. The highest BCUT2D eigenvalue weighted by Gasteiger charge is 2.17. The normalized spacial score (nSPS) is 19.6. The number of carbonyl (C=O) groups is 1. The summed E-state index contributed by atoms with van der Waals surface area (Å²) in [6.45, 7) is 0. The summed E-state index contributed by atoms with van der Waals surface area (Å²) >= 11 is 5.34. The fourth-order valence-electron chi connectivity index (χ4n) is 1.24. The Bertz CT molecular complexity index is 361. The zero-order valence-electron chi connectivity index (χ0n) is 6.25. The van der Waals surface area contributed by atoms with Crippen LogP contribution >= 0.6 is 11.6 Å². The fourth-order valence-corrected chi connectivity index (χ4v) is 1.37. The molecule has 0 radical (unpaired) electrons. The van der Waals surface area contributed by atoms with Crippen LogP contribution in [0.3, 0.4) is 0 Å². The largest absolute Gasteiger partial charge is 0.276 e. The summed E-state index contributed by atoms with van der Waals surface area (Å²) in [5.74, 6) is 0. The Morgan fingerprint density at radius 1 is 1.50 bits per heavy atom. The molecule has 0 bridgehead atoms. The monoisotopic (exact) mass is 179 g/mol. The van der Waals surface area contributed by atoms with Gasteiger partial charge in [-0.05, 0) is 23.3 Å². The molecule has 60 valence electrons. The van der Waals surface area contributed by atoms with Crippen molar-refractivity contribution in [1.82, 2.24) is 0 Å². The molecule has 0 aromatic heterocycles. The molecule has 2 nitrogen and oxygen atoms in total. The molecular formula is C9H6ClNO. The number of hydrogen-bond acceptors (Lipinski definition) is 2. The molecule has 0 unspecified atom stereocenters. The Hall–Kier alpha value is -1.15. The SMILES string of the molecule is O=C(Cl)C1=CC=C2C=CN=C2C1. The van der Waals surface area contributed by atoms with Gasteiger partial charge >= 0.3 is 0 Å². The summed E-state index contributed by atoms with van der Waals surface area (Å²) in [5, 5.41) is -0.389. The Balaban J connectivity index is 2.33. The first-order chi connectivity index (χ1) is 5.77. The third-order valence-electron chi connectivity index (χ3n) is 1.89. The molecule has 12 heavy (non-hydrogen) atoms. The number of rotatable bonds is 1. The minimum Gasteiger partial charge on any atom is -0.276 e. The topological polar surface area (TPSA) is 29.4 Å². The van der Waals surface area contributed by atoms with E-state index in [1.807, 2.05) is 12.2 Å². The lowest BCUT2D eigenvalue weighted by Gasteiger charge is -2.08.